The van der Waals surface area contributed by atoms with Gasteiger partial charge in [0.1, 0.15) is 12.2 Å². The van der Waals surface area contributed by atoms with Gasteiger partial charge in [0, 0.05) is 240 Å². The second-order valence-electron chi connectivity index (χ2n) is 14.7. The maximum absolute atomic E-state index is 3.98. The van der Waals surface area contributed by atoms with Crippen LogP contribution in [0, 0.1) is 115 Å². The van der Waals surface area contributed by atoms with E-state index < -0.39 is 0 Å². The first-order valence-electron chi connectivity index (χ1n) is 21.5. The fraction of sp³-hybridized carbons (Fsp3) is 0.322. The summed E-state index contributed by atoms with van der Waals surface area (Å²) in [7, 11) is 4.39. The van der Waals surface area contributed by atoms with Gasteiger partial charge in [0.2, 0.25) is 0 Å². The predicted molar refractivity (Wildman–Crippen MR) is 314 cm³/mol. The molecule has 2 fully saturated rings. The number of aryl methyl sites for hydroxylation is 7. The molecular formula is C59H98N13V9-9. The molecule has 2 saturated heterocycles. The second kappa shape index (κ2) is 95.3. The molecule has 7 aromatic heterocycles. The molecule has 2 aliphatic heterocycles. The number of hydrogen-bond acceptors (Lipinski definition) is 13. The third-order valence-corrected chi connectivity index (χ3v) is 8.49. The summed E-state index contributed by atoms with van der Waals surface area (Å²) in [5.41, 5.74) is 6.66. The number of hydrogen-bond donors (Lipinski definition) is 0. The fourth-order valence-corrected chi connectivity index (χ4v) is 4.89. The van der Waals surface area contributed by atoms with Crippen LogP contribution in [0.15, 0.2) is 147 Å². The summed E-state index contributed by atoms with van der Waals surface area (Å²) in [5.74, 6) is 0.822. The Morgan fingerprint density at radius 2 is 0.741 bits per heavy atom. The summed E-state index contributed by atoms with van der Waals surface area (Å²) in [6.07, 6.45) is 29.3. The van der Waals surface area contributed by atoms with Crippen molar-refractivity contribution >= 4 is 0 Å². The van der Waals surface area contributed by atoms with Crippen LogP contribution in [0.3, 0.4) is 0 Å². The van der Waals surface area contributed by atoms with Crippen molar-refractivity contribution in [1.82, 2.24) is 65.1 Å². The molecule has 0 spiro atoms. The van der Waals surface area contributed by atoms with E-state index in [-0.39, 0.29) is 234 Å². The van der Waals surface area contributed by atoms with Gasteiger partial charge in [0.25, 0.3) is 0 Å². The molecule has 0 N–H and O–H groups in total. The second-order valence-corrected chi connectivity index (χ2v) is 14.7. The van der Waals surface area contributed by atoms with Crippen molar-refractivity contribution in [2.45, 2.75) is 87.0 Å². The van der Waals surface area contributed by atoms with Crippen LogP contribution < -0.4 is 0 Å². The van der Waals surface area contributed by atoms with E-state index in [9.17, 15) is 0 Å². The summed E-state index contributed by atoms with van der Waals surface area (Å²) < 4.78 is 0. The number of rotatable bonds is 0. The third-order valence-electron chi connectivity index (χ3n) is 8.49. The van der Waals surface area contributed by atoms with Gasteiger partial charge in [0.05, 0.1) is 11.9 Å². The molecule has 7 aromatic rings. The average molecular weight is 1450 g/mol. The Kier molecular flexibility index (Phi) is 153. The molecule has 9 rings (SSSR count). The molecule has 453 valence electrons. The smallest absolute Gasteiger partial charge is 0.125 e. The summed E-state index contributed by atoms with van der Waals surface area (Å²) in [6.45, 7) is 19.0. The summed E-state index contributed by atoms with van der Waals surface area (Å²) in [6, 6.07) is 23.1. The molecule has 0 aliphatic carbocycles. The van der Waals surface area contributed by atoms with Crippen LogP contribution in [0.1, 0.15) is 78.1 Å². The Labute approximate surface area is 606 Å². The van der Waals surface area contributed by atoms with E-state index in [1.54, 1.807) is 68.0 Å². The van der Waals surface area contributed by atoms with Gasteiger partial charge in [-0.3, -0.25) is 15.0 Å². The molecular weight excluding hydrogens is 1350 g/mol. The van der Waals surface area contributed by atoms with E-state index in [1.807, 2.05) is 121 Å². The Morgan fingerprint density at radius 1 is 0.309 bits per heavy atom. The van der Waals surface area contributed by atoms with Crippen molar-refractivity contribution < 1.29 is 167 Å². The maximum atomic E-state index is 3.98. The Morgan fingerprint density at radius 3 is 0.938 bits per heavy atom. The molecule has 0 aromatic carbocycles. The SMILES string of the molecule is CN1CCCCC1.CN1CCCCC1.Cc1ccccn1.Cc1cccnc1.Cc1cccnn1.Cc1ccncc1.Cc1ccncn1.Cc1ccnnc1.Cc1ncccn1.[CH3-].[CH3-].[CH3-].[CH3-].[CH3-].[CH3-].[CH3-].[CH3-].[CH3-].[V].[V].[V].[V].[V].[V].[V].[V].[V]. The molecule has 9 heterocycles. The minimum absolute atomic E-state index is 0. The minimum Gasteiger partial charge on any atom is -0.358 e. The monoisotopic (exact) mass is 1450 g/mol. The van der Waals surface area contributed by atoms with E-state index in [0.29, 0.717) is 0 Å². The van der Waals surface area contributed by atoms with Gasteiger partial charge in [-0.05, 0) is 192 Å². The van der Waals surface area contributed by atoms with Crippen molar-refractivity contribution in [3.05, 3.63) is 254 Å². The van der Waals surface area contributed by atoms with Gasteiger partial charge >= 0.3 is 0 Å². The van der Waals surface area contributed by atoms with Gasteiger partial charge in [-0.2, -0.15) is 20.4 Å². The van der Waals surface area contributed by atoms with Crippen LogP contribution in [0.4, 0.5) is 0 Å². The molecule has 0 unspecified atom stereocenters. The largest absolute Gasteiger partial charge is 0.358 e. The van der Waals surface area contributed by atoms with Crippen LogP contribution in [-0.2, 0) is 167 Å². The summed E-state index contributed by atoms with van der Waals surface area (Å²) in [5, 5.41) is 14.6. The van der Waals surface area contributed by atoms with E-state index in [1.165, 1.54) is 82.2 Å². The molecule has 0 saturated carbocycles. The van der Waals surface area contributed by atoms with Crippen LogP contribution in [0.25, 0.3) is 0 Å². The average Bonchev–Trinajstić information content (AvgIpc) is 3.31. The number of likely N-dealkylation sites (tertiary alicyclic amines) is 2. The minimum atomic E-state index is 0. The molecule has 22 heteroatoms. The molecule has 2 aliphatic rings. The Balaban J connectivity index is -0.0000000335. The Hall–Kier alpha value is -1.05. The van der Waals surface area contributed by atoms with Crippen molar-refractivity contribution in [2.75, 3.05) is 40.3 Å². The first-order chi connectivity index (χ1) is 30.5. The van der Waals surface area contributed by atoms with E-state index >= 15 is 0 Å². The van der Waals surface area contributed by atoms with E-state index in [2.05, 4.69) is 79.2 Å². The molecule has 0 atom stereocenters. The first kappa shape index (κ1) is 130. The van der Waals surface area contributed by atoms with Gasteiger partial charge in [-0.15, -0.1) is 0 Å². The number of aromatic nitrogens is 11. The first-order valence-corrected chi connectivity index (χ1v) is 21.5. The fourth-order valence-electron chi connectivity index (χ4n) is 4.89. The van der Waals surface area contributed by atoms with Crippen molar-refractivity contribution in [2.24, 2.45) is 0 Å². The van der Waals surface area contributed by atoms with Gasteiger partial charge in [0.15, 0.2) is 0 Å². The zero-order chi connectivity index (χ0) is 46.0. The predicted octanol–water partition coefficient (Wildman–Crippen LogP) is 13.5. The van der Waals surface area contributed by atoms with Crippen LogP contribution >= 0.6 is 0 Å². The zero-order valence-corrected chi connectivity index (χ0v) is 64.8. The van der Waals surface area contributed by atoms with E-state index in [4.69, 9.17) is 0 Å². The van der Waals surface area contributed by atoms with Gasteiger partial charge in [-0.1, -0.05) is 25.0 Å². The molecule has 0 amide bonds. The third kappa shape index (κ3) is 92.9. The molecule has 0 bridgehead atoms. The summed E-state index contributed by atoms with van der Waals surface area (Å²) >= 11 is 0. The van der Waals surface area contributed by atoms with Gasteiger partial charge < -0.3 is 76.6 Å². The zero-order valence-electron chi connectivity index (χ0n) is 52.3. The van der Waals surface area contributed by atoms with Gasteiger partial charge in [-0.25, -0.2) is 19.9 Å². The number of pyridine rings is 3. The molecule has 81 heavy (non-hydrogen) atoms. The number of nitrogens with zero attached hydrogens (tertiary/aromatic N) is 13. The van der Waals surface area contributed by atoms with Crippen LogP contribution in [0.5, 0.6) is 0 Å². The Bertz CT molecular complexity index is 1610. The maximum Gasteiger partial charge on any atom is 0.125 e. The van der Waals surface area contributed by atoms with Crippen molar-refractivity contribution in [1.29, 1.82) is 0 Å². The van der Waals surface area contributed by atoms with Crippen LogP contribution in [0.2, 0.25) is 0 Å². The normalized spacial score (nSPS) is 9.64. The van der Waals surface area contributed by atoms with E-state index in [0.717, 1.165) is 28.5 Å². The summed E-state index contributed by atoms with van der Waals surface area (Å²) in [4.78, 5) is 31.8. The van der Waals surface area contributed by atoms with Crippen molar-refractivity contribution in [3.8, 4) is 0 Å². The van der Waals surface area contributed by atoms with Crippen LogP contribution in [-0.4, -0.2) is 105 Å². The quantitative estimate of drug-likeness (QED) is 0.133. The number of piperidine rings is 2. The molecule has 13 nitrogen and oxygen atoms in total. The van der Waals surface area contributed by atoms with Crippen molar-refractivity contribution in [3.63, 3.8) is 0 Å². The molecule has 9 radical (unpaired) electrons. The standard InChI is InChI=1S/2C6H7N.2C6H13N.C6H7N.4C5H6N2.9CH3.9V/c1-6-2-4-7-5-3-6;1-6-3-2-4-7-5-6;2*1-7-5-3-2-4-6-7;1-6-4-2-3-5-7-6;1-5-2-3-6-4-7-5;1-5-2-3-6-7-4-5;1-5-6-3-2-4-7-5;1-5-3-2-4-6-7-5;;;;;;;;;;;;;;;;;;/h2*2-5H,1H3;2*2-6H2,1H3;2-5H,1H3;4*2-4H,1H3;9*1H3;;;;;;;;;/q;;;;;;;;;9*-1;;;;;;;;;. The topological polar surface area (TPSA) is 148 Å².